The molecule has 9 heteroatoms. The van der Waals surface area contributed by atoms with Gasteiger partial charge in [-0.15, -0.1) is 0 Å². The first-order chi connectivity index (χ1) is 13.5. The highest BCUT2D eigenvalue weighted by atomic mass is 19.1. The van der Waals surface area contributed by atoms with Gasteiger partial charge in [-0.05, 0) is 30.7 Å². The van der Waals surface area contributed by atoms with Crippen LogP contribution in [0.4, 0.5) is 14.5 Å². The minimum absolute atomic E-state index is 0.151. The number of carbonyl (C=O) groups excluding carboxylic acids is 2. The van der Waals surface area contributed by atoms with E-state index in [1.54, 1.807) is 18.2 Å². The molecule has 0 saturated heterocycles. The van der Waals surface area contributed by atoms with Crippen LogP contribution in [-0.2, 0) is 4.79 Å². The molecular weight excluding hydrogens is 368 g/mol. The highest BCUT2D eigenvalue weighted by Gasteiger charge is 2.12. The number of nitrogens with one attached hydrogen (secondary N) is 2. The van der Waals surface area contributed by atoms with E-state index in [9.17, 15) is 18.4 Å². The molecule has 28 heavy (non-hydrogen) atoms. The lowest BCUT2D eigenvalue weighted by Crippen LogP contribution is -2.26. The highest BCUT2D eigenvalue weighted by Crippen LogP contribution is 2.18. The number of benzene rings is 2. The van der Waals surface area contributed by atoms with Gasteiger partial charge < -0.3 is 10.6 Å². The van der Waals surface area contributed by atoms with E-state index < -0.39 is 17.5 Å². The third-order valence-corrected chi connectivity index (χ3v) is 3.89. The van der Waals surface area contributed by atoms with Gasteiger partial charge in [-0.25, -0.2) is 18.4 Å². The molecule has 0 radical (unpaired) electrons. The van der Waals surface area contributed by atoms with Crippen LogP contribution < -0.4 is 10.6 Å². The van der Waals surface area contributed by atoms with Gasteiger partial charge in [0.25, 0.3) is 5.91 Å². The molecule has 0 saturated carbocycles. The summed E-state index contributed by atoms with van der Waals surface area (Å²) < 4.78 is 28.0. The van der Waals surface area contributed by atoms with E-state index in [0.717, 1.165) is 12.1 Å². The summed E-state index contributed by atoms with van der Waals surface area (Å²) in [7, 11) is 0. The van der Waals surface area contributed by atoms with Gasteiger partial charge in [0.2, 0.25) is 5.91 Å². The van der Waals surface area contributed by atoms with Crippen molar-refractivity contribution in [3.05, 3.63) is 72.3 Å². The second-order valence-corrected chi connectivity index (χ2v) is 5.89. The molecule has 3 aromatic rings. The Labute approximate surface area is 159 Å². The van der Waals surface area contributed by atoms with Crippen LogP contribution in [0.3, 0.4) is 0 Å². The smallest absolute Gasteiger partial charge is 0.254 e. The monoisotopic (exact) mass is 385 g/mol. The molecular formula is C19H17F2N5O2. The number of aromatic nitrogens is 3. The first kappa shape index (κ1) is 19.2. The van der Waals surface area contributed by atoms with Crippen LogP contribution in [0.2, 0.25) is 0 Å². The first-order valence-electron chi connectivity index (χ1n) is 8.52. The molecule has 7 nitrogen and oxygen atoms in total. The van der Waals surface area contributed by atoms with Gasteiger partial charge >= 0.3 is 0 Å². The number of hydrogen-bond donors (Lipinski definition) is 2. The number of nitrogens with zero attached hydrogens (tertiary/aromatic N) is 3. The van der Waals surface area contributed by atoms with E-state index in [2.05, 4.69) is 20.7 Å². The fourth-order valence-corrected chi connectivity index (χ4v) is 2.54. The van der Waals surface area contributed by atoms with Crippen LogP contribution in [0.25, 0.3) is 5.69 Å². The average Bonchev–Trinajstić information content (AvgIpc) is 3.20. The summed E-state index contributed by atoms with van der Waals surface area (Å²) in [5.41, 5.74) is 1.01. The number of carbonyl (C=O) groups is 2. The Kier molecular flexibility index (Phi) is 6.05. The van der Waals surface area contributed by atoms with Crippen LogP contribution >= 0.6 is 0 Å². The fourth-order valence-electron chi connectivity index (χ4n) is 2.54. The normalized spacial score (nSPS) is 10.5. The molecule has 0 fully saturated rings. The number of halogens is 2. The summed E-state index contributed by atoms with van der Waals surface area (Å²) in [4.78, 5) is 28.0. The van der Waals surface area contributed by atoms with Crippen LogP contribution in [0, 0.1) is 11.6 Å². The topological polar surface area (TPSA) is 88.9 Å². The number of hydrogen-bond acceptors (Lipinski definition) is 4. The molecule has 2 N–H and O–H groups in total. The molecule has 0 atom stereocenters. The minimum atomic E-state index is -0.931. The van der Waals surface area contributed by atoms with Crippen molar-refractivity contribution in [2.24, 2.45) is 0 Å². The predicted octanol–water partition coefficient (Wildman–Crippen LogP) is 2.69. The number of para-hydroxylation sites is 2. The lowest BCUT2D eigenvalue weighted by molar-refractivity contribution is -0.116. The summed E-state index contributed by atoms with van der Waals surface area (Å²) in [6.45, 7) is 0.174. The Balaban J connectivity index is 1.49. The third-order valence-electron chi connectivity index (χ3n) is 3.89. The van der Waals surface area contributed by atoms with E-state index in [4.69, 9.17) is 0 Å². The molecule has 2 amide bonds. The second-order valence-electron chi connectivity index (χ2n) is 5.89. The molecule has 0 bridgehead atoms. The maximum Gasteiger partial charge on any atom is 0.254 e. The molecule has 1 heterocycles. The predicted molar refractivity (Wildman–Crippen MR) is 97.9 cm³/mol. The van der Waals surface area contributed by atoms with Crippen LogP contribution in [-0.4, -0.2) is 33.1 Å². The molecule has 0 aliphatic carbocycles. The van der Waals surface area contributed by atoms with Gasteiger partial charge in [0, 0.05) is 19.0 Å². The molecule has 0 unspecified atom stereocenters. The Bertz CT molecular complexity index is 976. The maximum absolute atomic E-state index is 13.6. The minimum Gasteiger partial charge on any atom is -0.352 e. The molecule has 2 aromatic carbocycles. The summed E-state index contributed by atoms with van der Waals surface area (Å²) in [5.74, 6) is -2.58. The van der Waals surface area contributed by atoms with E-state index >= 15 is 0 Å². The van der Waals surface area contributed by atoms with Crippen molar-refractivity contribution in [3.8, 4) is 5.69 Å². The van der Waals surface area contributed by atoms with Crippen molar-refractivity contribution in [2.45, 2.75) is 12.8 Å². The summed E-state index contributed by atoms with van der Waals surface area (Å²) in [6, 6.07) is 9.88. The van der Waals surface area contributed by atoms with Gasteiger partial charge in [-0.1, -0.05) is 12.1 Å². The third kappa shape index (κ3) is 4.76. The number of amides is 2. The van der Waals surface area contributed by atoms with E-state index in [1.165, 1.54) is 17.3 Å². The molecule has 0 aliphatic heterocycles. The van der Waals surface area contributed by atoms with Gasteiger partial charge in [-0.3, -0.25) is 9.59 Å². The van der Waals surface area contributed by atoms with Crippen molar-refractivity contribution < 1.29 is 18.4 Å². The summed E-state index contributed by atoms with van der Waals surface area (Å²) in [5, 5.41) is 9.34. The van der Waals surface area contributed by atoms with Gasteiger partial charge in [0.05, 0.1) is 16.9 Å². The van der Waals surface area contributed by atoms with E-state index in [1.807, 2.05) is 6.07 Å². The van der Waals surface area contributed by atoms with Gasteiger partial charge in [0.15, 0.2) is 0 Å². The summed E-state index contributed by atoms with van der Waals surface area (Å²) >= 11 is 0. The Morgan fingerprint density at radius 1 is 1.11 bits per heavy atom. The molecule has 0 aliphatic rings. The number of rotatable bonds is 7. The van der Waals surface area contributed by atoms with Crippen LogP contribution in [0.1, 0.15) is 23.2 Å². The zero-order valence-corrected chi connectivity index (χ0v) is 14.7. The zero-order valence-electron chi connectivity index (χ0n) is 14.7. The highest BCUT2D eigenvalue weighted by molar-refractivity contribution is 5.94. The lowest BCUT2D eigenvalue weighted by atomic mass is 10.2. The second kappa shape index (κ2) is 8.85. The van der Waals surface area contributed by atoms with Crippen molar-refractivity contribution in [1.29, 1.82) is 0 Å². The van der Waals surface area contributed by atoms with E-state index in [-0.39, 0.29) is 24.4 Å². The largest absolute Gasteiger partial charge is 0.352 e. The SMILES string of the molecule is O=C(CCCNC(=O)c1ccc(F)cc1F)Nc1ccccc1-n1cncn1. The van der Waals surface area contributed by atoms with Gasteiger partial charge in [-0.2, -0.15) is 5.10 Å². The van der Waals surface area contributed by atoms with Crippen molar-refractivity contribution >= 4 is 17.5 Å². The molecule has 0 spiro atoms. The molecule has 1 aromatic heterocycles. The van der Waals surface area contributed by atoms with Gasteiger partial charge in [0.1, 0.15) is 24.3 Å². The standard InChI is InChI=1S/C19H17F2N5O2/c20-13-7-8-14(15(21)10-13)19(28)23-9-3-6-18(27)25-16-4-1-2-5-17(16)26-12-22-11-24-26/h1-2,4-5,7-8,10-12H,3,6,9H2,(H,23,28)(H,25,27). The number of anilines is 1. The summed E-state index contributed by atoms with van der Waals surface area (Å²) in [6.07, 6.45) is 3.42. The first-order valence-corrected chi connectivity index (χ1v) is 8.52. The van der Waals surface area contributed by atoms with Crippen molar-refractivity contribution in [3.63, 3.8) is 0 Å². The quantitative estimate of drug-likeness (QED) is 0.612. The Morgan fingerprint density at radius 3 is 2.68 bits per heavy atom. The van der Waals surface area contributed by atoms with Crippen LogP contribution in [0.5, 0.6) is 0 Å². The van der Waals surface area contributed by atoms with E-state index in [0.29, 0.717) is 23.9 Å². The molecule has 3 rings (SSSR count). The van der Waals surface area contributed by atoms with Crippen LogP contribution in [0.15, 0.2) is 55.1 Å². The lowest BCUT2D eigenvalue weighted by Gasteiger charge is -2.11. The average molecular weight is 385 g/mol. The van der Waals surface area contributed by atoms with Crippen molar-refractivity contribution in [1.82, 2.24) is 20.1 Å². The Morgan fingerprint density at radius 2 is 1.93 bits per heavy atom. The molecule has 144 valence electrons. The zero-order chi connectivity index (χ0) is 19.9. The van der Waals surface area contributed by atoms with Crippen molar-refractivity contribution in [2.75, 3.05) is 11.9 Å². The fraction of sp³-hybridized carbons (Fsp3) is 0.158. The Hall–Kier alpha value is -3.62. The maximum atomic E-state index is 13.6.